The molecule has 1 atom stereocenters. The summed E-state index contributed by atoms with van der Waals surface area (Å²) in [5, 5.41) is 8.95. The summed E-state index contributed by atoms with van der Waals surface area (Å²) in [6.45, 7) is 7.38. The number of aryl methyl sites for hydroxylation is 2. The van der Waals surface area contributed by atoms with Crippen LogP contribution in [0.3, 0.4) is 0 Å². The van der Waals surface area contributed by atoms with Crippen LogP contribution in [0.4, 0.5) is 0 Å². The van der Waals surface area contributed by atoms with Crippen molar-refractivity contribution in [3.05, 3.63) is 75.8 Å². The smallest absolute Gasteiger partial charge is 0.258 e. The Morgan fingerprint density at radius 3 is 2.69 bits per heavy atom. The number of aromatic nitrogens is 2. The minimum atomic E-state index is -0.215. The van der Waals surface area contributed by atoms with Gasteiger partial charge in [-0.3, -0.25) is 0 Å². The summed E-state index contributed by atoms with van der Waals surface area (Å²) < 4.78 is 11.0. The summed E-state index contributed by atoms with van der Waals surface area (Å²) in [6.07, 6.45) is 0. The van der Waals surface area contributed by atoms with Crippen molar-refractivity contribution in [3.63, 3.8) is 0 Å². The van der Waals surface area contributed by atoms with Crippen LogP contribution >= 0.6 is 23.8 Å². The van der Waals surface area contributed by atoms with Crippen molar-refractivity contribution < 1.29 is 9.26 Å². The standard InChI is InChI=1S/C24H25ClN4O2S/c1-14-8-9-17(12-15(14)2)21-20(16(3)29(10-11-30-4)24(32)26-21)23-27-22(28-31-23)18-6-5-7-19(25)13-18/h5-9,12-13,21H,10-11H2,1-4H3,(H,26,32). The number of rotatable bonds is 6. The molecule has 4 rings (SSSR count). The first-order valence-electron chi connectivity index (χ1n) is 10.3. The molecule has 6 nitrogen and oxygen atoms in total. The predicted molar refractivity (Wildman–Crippen MR) is 130 cm³/mol. The Bertz CT molecular complexity index is 1190. The molecule has 32 heavy (non-hydrogen) atoms. The normalized spacial score (nSPS) is 16.5. The number of hydrogen-bond acceptors (Lipinski definition) is 5. The molecule has 1 N–H and O–H groups in total. The molecule has 0 radical (unpaired) electrons. The van der Waals surface area contributed by atoms with E-state index in [-0.39, 0.29) is 6.04 Å². The van der Waals surface area contributed by atoms with Crippen molar-refractivity contribution in [2.75, 3.05) is 20.3 Å². The fourth-order valence-corrected chi connectivity index (χ4v) is 4.32. The molecule has 1 aromatic heterocycles. The summed E-state index contributed by atoms with van der Waals surface area (Å²) in [4.78, 5) is 6.72. The van der Waals surface area contributed by atoms with E-state index in [1.807, 2.05) is 36.1 Å². The molecule has 3 aromatic rings. The molecule has 1 unspecified atom stereocenters. The van der Waals surface area contributed by atoms with Crippen LogP contribution in [0.1, 0.15) is 35.5 Å². The first kappa shape index (κ1) is 22.5. The first-order chi connectivity index (χ1) is 15.4. The van der Waals surface area contributed by atoms with Crippen LogP contribution in [0, 0.1) is 13.8 Å². The Morgan fingerprint density at radius 2 is 1.97 bits per heavy atom. The lowest BCUT2D eigenvalue weighted by atomic mass is 9.92. The molecule has 0 amide bonds. The molecule has 0 saturated carbocycles. The zero-order chi connectivity index (χ0) is 22.8. The van der Waals surface area contributed by atoms with Gasteiger partial charge < -0.3 is 19.5 Å². The number of halogens is 1. The van der Waals surface area contributed by atoms with Gasteiger partial charge in [0.2, 0.25) is 5.82 Å². The summed E-state index contributed by atoms with van der Waals surface area (Å²) in [5.74, 6) is 0.927. The summed E-state index contributed by atoms with van der Waals surface area (Å²) >= 11 is 11.8. The van der Waals surface area contributed by atoms with Gasteiger partial charge in [-0.05, 0) is 61.8 Å². The van der Waals surface area contributed by atoms with Crippen LogP contribution in [0.25, 0.3) is 17.0 Å². The third-order valence-corrected chi connectivity index (χ3v) is 6.29. The van der Waals surface area contributed by atoms with Crippen LogP contribution in [0.2, 0.25) is 5.02 Å². The van der Waals surface area contributed by atoms with E-state index in [9.17, 15) is 0 Å². The van der Waals surface area contributed by atoms with Crippen LogP contribution in [0.5, 0.6) is 0 Å². The van der Waals surface area contributed by atoms with Crippen molar-refractivity contribution in [1.29, 1.82) is 0 Å². The Morgan fingerprint density at radius 1 is 1.16 bits per heavy atom. The van der Waals surface area contributed by atoms with Crippen molar-refractivity contribution in [2.24, 2.45) is 0 Å². The second-order valence-corrected chi connectivity index (χ2v) is 8.63. The third kappa shape index (κ3) is 4.41. The van der Waals surface area contributed by atoms with E-state index in [1.54, 1.807) is 7.11 Å². The quantitative estimate of drug-likeness (QED) is 0.491. The number of benzene rings is 2. The average Bonchev–Trinajstić information content (AvgIpc) is 3.25. The van der Waals surface area contributed by atoms with E-state index < -0.39 is 0 Å². The maximum Gasteiger partial charge on any atom is 0.258 e. The summed E-state index contributed by atoms with van der Waals surface area (Å²) in [5.41, 5.74) is 6.16. The largest absolute Gasteiger partial charge is 0.383 e. The van der Waals surface area contributed by atoms with Gasteiger partial charge in [-0.2, -0.15) is 4.98 Å². The molecule has 1 aliphatic heterocycles. The highest BCUT2D eigenvalue weighted by atomic mass is 35.5. The topological polar surface area (TPSA) is 63.4 Å². The van der Waals surface area contributed by atoms with E-state index in [0.717, 1.165) is 22.4 Å². The maximum absolute atomic E-state index is 6.15. The van der Waals surface area contributed by atoms with Gasteiger partial charge in [-0.1, -0.05) is 47.1 Å². The van der Waals surface area contributed by atoms with Crippen LogP contribution in [-0.4, -0.2) is 40.4 Å². The van der Waals surface area contributed by atoms with Gasteiger partial charge in [0.1, 0.15) is 0 Å². The molecule has 2 heterocycles. The average molecular weight is 469 g/mol. The minimum Gasteiger partial charge on any atom is -0.383 e. The van der Waals surface area contributed by atoms with E-state index in [4.69, 9.17) is 38.1 Å². The molecule has 0 aliphatic carbocycles. The van der Waals surface area contributed by atoms with Crippen molar-refractivity contribution in [2.45, 2.75) is 26.8 Å². The number of allylic oxidation sites excluding steroid dienone is 1. The number of ether oxygens (including phenoxy) is 1. The van der Waals surface area contributed by atoms with Gasteiger partial charge in [0.15, 0.2) is 5.11 Å². The van der Waals surface area contributed by atoms with Gasteiger partial charge >= 0.3 is 0 Å². The molecule has 2 aromatic carbocycles. The van der Waals surface area contributed by atoms with Crippen molar-refractivity contribution >= 4 is 34.5 Å². The fourth-order valence-electron chi connectivity index (χ4n) is 3.78. The number of nitrogens with zero attached hydrogens (tertiary/aromatic N) is 3. The number of thiocarbonyl (C=S) groups is 1. The molecule has 8 heteroatoms. The highest BCUT2D eigenvalue weighted by Crippen LogP contribution is 2.38. The van der Waals surface area contributed by atoms with Gasteiger partial charge in [-0.15, -0.1) is 0 Å². The van der Waals surface area contributed by atoms with E-state index in [1.165, 1.54) is 11.1 Å². The third-order valence-electron chi connectivity index (χ3n) is 5.72. The molecular formula is C24H25ClN4O2S. The lowest BCUT2D eigenvalue weighted by Gasteiger charge is -2.37. The van der Waals surface area contributed by atoms with E-state index in [2.05, 4.69) is 42.5 Å². The van der Waals surface area contributed by atoms with Gasteiger partial charge in [-0.25, -0.2) is 0 Å². The molecule has 0 fully saturated rings. The lowest BCUT2D eigenvalue weighted by molar-refractivity contribution is 0.183. The van der Waals surface area contributed by atoms with E-state index in [0.29, 0.717) is 35.0 Å². The number of methoxy groups -OCH3 is 1. The van der Waals surface area contributed by atoms with Crippen molar-refractivity contribution in [3.8, 4) is 11.4 Å². The SMILES string of the molecule is COCCN1C(=S)NC(c2ccc(C)c(C)c2)C(c2nc(-c3cccc(Cl)c3)no2)=C1C. The first-order valence-corrected chi connectivity index (χ1v) is 11.1. The summed E-state index contributed by atoms with van der Waals surface area (Å²) in [6, 6.07) is 13.6. The van der Waals surface area contributed by atoms with Crippen LogP contribution in [-0.2, 0) is 4.74 Å². The Kier molecular flexibility index (Phi) is 6.60. The Labute approximate surface area is 198 Å². The molecule has 166 valence electrons. The fraction of sp³-hybridized carbons (Fsp3) is 0.292. The summed E-state index contributed by atoms with van der Waals surface area (Å²) in [7, 11) is 1.67. The highest BCUT2D eigenvalue weighted by molar-refractivity contribution is 7.80. The second-order valence-electron chi connectivity index (χ2n) is 7.80. The molecule has 0 saturated heterocycles. The van der Waals surface area contributed by atoms with E-state index >= 15 is 0 Å². The minimum absolute atomic E-state index is 0.215. The number of hydrogen-bond donors (Lipinski definition) is 1. The molecule has 0 spiro atoms. The number of nitrogens with one attached hydrogen (secondary N) is 1. The Hall–Kier alpha value is -2.74. The monoisotopic (exact) mass is 468 g/mol. The van der Waals surface area contributed by atoms with Crippen LogP contribution in [0.15, 0.2) is 52.7 Å². The lowest BCUT2D eigenvalue weighted by Crippen LogP contribution is -2.47. The van der Waals surface area contributed by atoms with Gasteiger partial charge in [0.25, 0.3) is 5.89 Å². The van der Waals surface area contributed by atoms with Crippen LogP contribution < -0.4 is 5.32 Å². The molecule has 0 bridgehead atoms. The zero-order valence-electron chi connectivity index (χ0n) is 18.5. The molecular weight excluding hydrogens is 444 g/mol. The zero-order valence-corrected chi connectivity index (χ0v) is 20.0. The molecule has 1 aliphatic rings. The second kappa shape index (κ2) is 9.40. The van der Waals surface area contributed by atoms with Gasteiger partial charge in [0.05, 0.1) is 18.2 Å². The van der Waals surface area contributed by atoms with Gasteiger partial charge in [0, 0.05) is 29.9 Å². The van der Waals surface area contributed by atoms with Crippen molar-refractivity contribution in [1.82, 2.24) is 20.4 Å². The highest BCUT2D eigenvalue weighted by Gasteiger charge is 2.34. The predicted octanol–water partition coefficient (Wildman–Crippen LogP) is 5.32. The maximum atomic E-state index is 6.15. The Balaban J connectivity index is 1.82.